The van der Waals surface area contributed by atoms with Crippen molar-refractivity contribution < 1.29 is 4.79 Å². The third kappa shape index (κ3) is 4.35. The standard InChI is InChI=1S/C16H14Cl2N4OS/c17-14-3-1-11(7-15(14)18)2-4-16(23)19-8-12-9-22(21-20-12)13-5-6-24-10-13/h1,3,5-7,9-10H,2,4,8H2,(H,19,23). The number of rotatable bonds is 6. The van der Waals surface area contributed by atoms with Crippen LogP contribution < -0.4 is 5.32 Å². The summed E-state index contributed by atoms with van der Waals surface area (Å²) in [7, 11) is 0. The van der Waals surface area contributed by atoms with Crippen LogP contribution in [0.3, 0.4) is 0 Å². The average Bonchev–Trinajstić information content (AvgIpc) is 3.25. The van der Waals surface area contributed by atoms with E-state index in [1.54, 1.807) is 34.3 Å². The van der Waals surface area contributed by atoms with Crippen LogP contribution in [0.2, 0.25) is 10.0 Å². The molecule has 24 heavy (non-hydrogen) atoms. The minimum atomic E-state index is -0.0499. The van der Waals surface area contributed by atoms with E-state index in [1.807, 2.05) is 22.9 Å². The van der Waals surface area contributed by atoms with Gasteiger partial charge in [-0.25, -0.2) is 4.68 Å². The van der Waals surface area contributed by atoms with E-state index in [-0.39, 0.29) is 5.91 Å². The van der Waals surface area contributed by atoms with Gasteiger partial charge in [0.2, 0.25) is 5.91 Å². The maximum Gasteiger partial charge on any atom is 0.220 e. The Morgan fingerprint density at radius 3 is 2.88 bits per heavy atom. The molecule has 0 aliphatic heterocycles. The maximum absolute atomic E-state index is 12.0. The van der Waals surface area contributed by atoms with Crippen LogP contribution >= 0.6 is 34.5 Å². The number of carbonyl (C=O) groups is 1. The third-order valence-electron chi connectivity index (χ3n) is 3.40. The minimum absolute atomic E-state index is 0.0499. The summed E-state index contributed by atoms with van der Waals surface area (Å²) in [6.07, 6.45) is 2.78. The summed E-state index contributed by atoms with van der Waals surface area (Å²) in [5.41, 5.74) is 2.65. The second-order valence-electron chi connectivity index (χ2n) is 5.16. The molecule has 124 valence electrons. The molecule has 0 saturated carbocycles. The Morgan fingerprint density at radius 2 is 2.12 bits per heavy atom. The lowest BCUT2D eigenvalue weighted by Crippen LogP contribution is -2.23. The van der Waals surface area contributed by atoms with E-state index in [4.69, 9.17) is 23.2 Å². The monoisotopic (exact) mass is 380 g/mol. The van der Waals surface area contributed by atoms with Crippen molar-refractivity contribution in [3.8, 4) is 5.69 Å². The molecule has 2 heterocycles. The van der Waals surface area contributed by atoms with E-state index in [0.29, 0.717) is 35.1 Å². The first-order valence-corrected chi connectivity index (χ1v) is 8.96. The minimum Gasteiger partial charge on any atom is -0.350 e. The van der Waals surface area contributed by atoms with Crippen molar-refractivity contribution in [2.75, 3.05) is 0 Å². The Morgan fingerprint density at radius 1 is 1.25 bits per heavy atom. The number of hydrogen-bond donors (Lipinski definition) is 1. The number of aromatic nitrogens is 3. The first-order chi connectivity index (χ1) is 11.6. The Kier molecular flexibility index (Phi) is 5.50. The predicted molar refractivity (Wildman–Crippen MR) is 95.9 cm³/mol. The van der Waals surface area contributed by atoms with Crippen LogP contribution in [0.5, 0.6) is 0 Å². The molecule has 5 nitrogen and oxygen atoms in total. The summed E-state index contributed by atoms with van der Waals surface area (Å²) < 4.78 is 1.69. The number of benzene rings is 1. The molecular formula is C16H14Cl2N4OS. The molecule has 2 aromatic heterocycles. The fourth-order valence-electron chi connectivity index (χ4n) is 2.12. The summed E-state index contributed by atoms with van der Waals surface area (Å²) >= 11 is 13.4. The summed E-state index contributed by atoms with van der Waals surface area (Å²) in [6, 6.07) is 7.34. The molecule has 0 saturated heterocycles. The number of hydrogen-bond acceptors (Lipinski definition) is 4. The molecular weight excluding hydrogens is 367 g/mol. The molecule has 0 radical (unpaired) electrons. The van der Waals surface area contributed by atoms with E-state index in [2.05, 4.69) is 15.6 Å². The number of thiophene rings is 1. The van der Waals surface area contributed by atoms with Gasteiger partial charge in [-0.2, -0.15) is 11.3 Å². The van der Waals surface area contributed by atoms with Crippen molar-refractivity contribution >= 4 is 40.4 Å². The van der Waals surface area contributed by atoms with Crippen LogP contribution in [0.4, 0.5) is 0 Å². The molecule has 3 aromatic rings. The van der Waals surface area contributed by atoms with Gasteiger partial charge in [0.1, 0.15) is 5.69 Å². The van der Waals surface area contributed by atoms with Crippen LogP contribution in [0.15, 0.2) is 41.2 Å². The van der Waals surface area contributed by atoms with Crippen LogP contribution in [0.1, 0.15) is 17.7 Å². The molecule has 1 N–H and O–H groups in total. The zero-order chi connectivity index (χ0) is 16.9. The normalized spacial score (nSPS) is 10.8. The van der Waals surface area contributed by atoms with E-state index < -0.39 is 0 Å². The molecule has 0 atom stereocenters. The van der Waals surface area contributed by atoms with E-state index in [0.717, 1.165) is 11.3 Å². The fourth-order valence-corrected chi connectivity index (χ4v) is 3.07. The summed E-state index contributed by atoms with van der Waals surface area (Å²) in [4.78, 5) is 12.0. The highest BCUT2D eigenvalue weighted by Crippen LogP contribution is 2.23. The van der Waals surface area contributed by atoms with Gasteiger partial charge in [0.15, 0.2) is 0 Å². The Labute approximate surface area is 153 Å². The highest BCUT2D eigenvalue weighted by Gasteiger charge is 2.07. The number of nitrogens with one attached hydrogen (secondary N) is 1. The van der Waals surface area contributed by atoms with Crippen molar-refractivity contribution in [1.29, 1.82) is 0 Å². The van der Waals surface area contributed by atoms with Crippen molar-refractivity contribution in [1.82, 2.24) is 20.3 Å². The molecule has 3 rings (SSSR count). The zero-order valence-electron chi connectivity index (χ0n) is 12.6. The first-order valence-electron chi connectivity index (χ1n) is 7.26. The van der Waals surface area contributed by atoms with Crippen molar-refractivity contribution in [3.63, 3.8) is 0 Å². The van der Waals surface area contributed by atoms with Gasteiger partial charge in [-0.15, -0.1) is 5.10 Å². The molecule has 1 amide bonds. The highest BCUT2D eigenvalue weighted by molar-refractivity contribution is 7.08. The van der Waals surface area contributed by atoms with Crippen LogP contribution in [0.25, 0.3) is 5.69 Å². The van der Waals surface area contributed by atoms with Gasteiger partial charge in [0, 0.05) is 11.8 Å². The molecule has 8 heteroatoms. The van der Waals surface area contributed by atoms with E-state index in [1.165, 1.54) is 0 Å². The Hall–Kier alpha value is -1.89. The van der Waals surface area contributed by atoms with Gasteiger partial charge in [-0.05, 0) is 35.6 Å². The molecule has 0 unspecified atom stereocenters. The zero-order valence-corrected chi connectivity index (χ0v) is 14.9. The Bertz CT molecular complexity index is 832. The second kappa shape index (κ2) is 7.79. The second-order valence-corrected chi connectivity index (χ2v) is 6.76. The van der Waals surface area contributed by atoms with Gasteiger partial charge in [0.25, 0.3) is 0 Å². The molecule has 0 aliphatic carbocycles. The molecule has 0 fully saturated rings. The summed E-state index contributed by atoms with van der Waals surface area (Å²) in [5.74, 6) is -0.0499. The van der Waals surface area contributed by atoms with Crippen molar-refractivity contribution in [3.05, 3.63) is 62.5 Å². The molecule has 0 bridgehead atoms. The molecule has 0 spiro atoms. The summed E-state index contributed by atoms with van der Waals surface area (Å²) in [5, 5.41) is 15.9. The van der Waals surface area contributed by atoms with Gasteiger partial charge < -0.3 is 5.32 Å². The first kappa shape index (κ1) is 17.0. The lowest BCUT2D eigenvalue weighted by atomic mass is 10.1. The maximum atomic E-state index is 12.0. The van der Waals surface area contributed by atoms with E-state index >= 15 is 0 Å². The average molecular weight is 381 g/mol. The number of aryl methyl sites for hydroxylation is 1. The number of halogens is 2. The molecule has 1 aromatic carbocycles. The largest absolute Gasteiger partial charge is 0.350 e. The number of amides is 1. The van der Waals surface area contributed by atoms with Crippen molar-refractivity contribution in [2.45, 2.75) is 19.4 Å². The smallest absolute Gasteiger partial charge is 0.220 e. The van der Waals surface area contributed by atoms with Crippen LogP contribution in [0, 0.1) is 0 Å². The van der Waals surface area contributed by atoms with Gasteiger partial charge in [-0.1, -0.05) is 34.5 Å². The summed E-state index contributed by atoms with van der Waals surface area (Å²) in [6.45, 7) is 0.352. The highest BCUT2D eigenvalue weighted by atomic mass is 35.5. The van der Waals surface area contributed by atoms with Crippen LogP contribution in [-0.2, 0) is 17.8 Å². The van der Waals surface area contributed by atoms with Gasteiger partial charge in [-0.3, -0.25) is 4.79 Å². The lowest BCUT2D eigenvalue weighted by Gasteiger charge is -2.04. The van der Waals surface area contributed by atoms with E-state index in [9.17, 15) is 4.79 Å². The third-order valence-corrected chi connectivity index (χ3v) is 4.81. The van der Waals surface area contributed by atoms with Gasteiger partial charge >= 0.3 is 0 Å². The number of carbonyl (C=O) groups excluding carboxylic acids is 1. The van der Waals surface area contributed by atoms with Crippen molar-refractivity contribution in [2.24, 2.45) is 0 Å². The number of nitrogens with zero attached hydrogens (tertiary/aromatic N) is 3. The fraction of sp³-hybridized carbons (Fsp3) is 0.188. The topological polar surface area (TPSA) is 59.8 Å². The quantitative estimate of drug-likeness (QED) is 0.705. The SMILES string of the molecule is O=C(CCc1ccc(Cl)c(Cl)c1)NCc1cn(-c2ccsc2)nn1. The molecule has 0 aliphatic rings. The predicted octanol–water partition coefficient (Wildman–Crippen LogP) is 3.88. The Balaban J connectivity index is 1.48. The lowest BCUT2D eigenvalue weighted by molar-refractivity contribution is -0.121. The van der Waals surface area contributed by atoms with Crippen LogP contribution in [-0.4, -0.2) is 20.9 Å². The van der Waals surface area contributed by atoms with Gasteiger partial charge in [0.05, 0.1) is 28.5 Å².